The maximum Gasteiger partial charge on any atom is 0.261 e. The predicted molar refractivity (Wildman–Crippen MR) is 89.9 cm³/mol. The molecule has 1 saturated carbocycles. The number of anilines is 1. The molecule has 3 unspecified atom stereocenters. The van der Waals surface area contributed by atoms with Gasteiger partial charge in [0.15, 0.2) is 0 Å². The number of benzene rings is 1. The molecule has 2 aliphatic rings. The van der Waals surface area contributed by atoms with Crippen molar-refractivity contribution in [3.05, 3.63) is 41.3 Å². The molecule has 1 amide bonds. The van der Waals surface area contributed by atoms with Crippen LogP contribution in [0, 0.1) is 5.92 Å². The average molecular weight is 313 g/mol. The van der Waals surface area contributed by atoms with Gasteiger partial charge in [-0.05, 0) is 55.1 Å². The smallest absolute Gasteiger partial charge is 0.261 e. The molecule has 114 valence electrons. The van der Waals surface area contributed by atoms with Crippen LogP contribution >= 0.6 is 11.3 Å². The second-order valence-corrected chi connectivity index (χ2v) is 7.30. The minimum absolute atomic E-state index is 0.0473. The summed E-state index contributed by atoms with van der Waals surface area (Å²) in [5.74, 6) is 0.787. The first-order valence-electron chi connectivity index (χ1n) is 7.69. The SMILES string of the molecule is Nc1ccc(-c2ccc(C(=O)NC3CC4CNC3C4)s2)cc1. The van der Waals surface area contributed by atoms with Crippen molar-refractivity contribution < 1.29 is 4.79 Å². The van der Waals surface area contributed by atoms with E-state index in [1.54, 1.807) is 0 Å². The summed E-state index contributed by atoms with van der Waals surface area (Å²) in [7, 11) is 0. The zero-order valence-corrected chi connectivity index (χ0v) is 13.0. The van der Waals surface area contributed by atoms with Crippen LogP contribution in [-0.4, -0.2) is 24.5 Å². The summed E-state index contributed by atoms with van der Waals surface area (Å²) in [6.07, 6.45) is 2.31. The number of nitrogens with one attached hydrogen (secondary N) is 2. The Morgan fingerprint density at radius 3 is 2.68 bits per heavy atom. The minimum atomic E-state index is 0.0473. The zero-order chi connectivity index (χ0) is 15.1. The van der Waals surface area contributed by atoms with Crippen LogP contribution in [0.25, 0.3) is 10.4 Å². The first kappa shape index (κ1) is 13.8. The number of nitrogen functional groups attached to an aromatic ring is 1. The van der Waals surface area contributed by atoms with Crippen LogP contribution < -0.4 is 16.4 Å². The van der Waals surface area contributed by atoms with Crippen molar-refractivity contribution in [3.8, 4) is 10.4 Å². The highest BCUT2D eigenvalue weighted by Crippen LogP contribution is 2.32. The number of carbonyl (C=O) groups excluding carboxylic acids is 1. The van der Waals surface area contributed by atoms with Gasteiger partial charge in [-0.2, -0.15) is 0 Å². The Hall–Kier alpha value is -1.85. The predicted octanol–water partition coefficient (Wildman–Crippen LogP) is 2.48. The largest absolute Gasteiger partial charge is 0.399 e. The minimum Gasteiger partial charge on any atom is -0.399 e. The van der Waals surface area contributed by atoms with Crippen LogP contribution in [0.3, 0.4) is 0 Å². The molecule has 1 saturated heterocycles. The fourth-order valence-corrected chi connectivity index (χ4v) is 4.43. The number of amides is 1. The monoisotopic (exact) mass is 313 g/mol. The third-order valence-electron chi connectivity index (χ3n) is 4.67. The summed E-state index contributed by atoms with van der Waals surface area (Å²) in [4.78, 5) is 14.3. The second-order valence-electron chi connectivity index (χ2n) is 6.22. The number of fused-ring (bicyclic) bond motifs is 2. The van der Waals surface area contributed by atoms with Crippen molar-refractivity contribution in [2.24, 2.45) is 5.92 Å². The van der Waals surface area contributed by atoms with Gasteiger partial charge in [0, 0.05) is 22.6 Å². The molecule has 4 N–H and O–H groups in total. The van der Waals surface area contributed by atoms with Gasteiger partial charge in [0.05, 0.1) is 4.88 Å². The number of piperidine rings is 1. The lowest BCUT2D eigenvalue weighted by atomic mass is 10.1. The molecule has 2 fully saturated rings. The van der Waals surface area contributed by atoms with E-state index in [0.717, 1.165) is 39.9 Å². The molecule has 5 heteroatoms. The van der Waals surface area contributed by atoms with Gasteiger partial charge in [0.2, 0.25) is 0 Å². The molecule has 2 bridgehead atoms. The quantitative estimate of drug-likeness (QED) is 0.763. The number of hydrogen-bond acceptors (Lipinski definition) is 4. The lowest BCUT2D eigenvalue weighted by Crippen LogP contribution is -2.47. The standard InChI is InChI=1S/C17H19N3OS/c18-12-3-1-11(2-4-12)15-5-6-16(22-15)17(21)20-14-8-10-7-13(14)19-9-10/h1-6,10,13-14,19H,7-9,18H2,(H,20,21). The molecule has 3 atom stereocenters. The highest BCUT2D eigenvalue weighted by atomic mass is 32.1. The Labute approximate surface area is 133 Å². The molecule has 1 aliphatic carbocycles. The van der Waals surface area contributed by atoms with Crippen molar-refractivity contribution >= 4 is 22.9 Å². The van der Waals surface area contributed by atoms with Gasteiger partial charge < -0.3 is 16.4 Å². The van der Waals surface area contributed by atoms with E-state index < -0.39 is 0 Å². The Bertz CT molecular complexity index is 694. The van der Waals surface area contributed by atoms with Gasteiger partial charge in [-0.1, -0.05) is 12.1 Å². The molecule has 1 aliphatic heterocycles. The summed E-state index contributed by atoms with van der Waals surface area (Å²) in [5, 5.41) is 6.67. The molecular weight excluding hydrogens is 294 g/mol. The van der Waals surface area contributed by atoms with Crippen LogP contribution in [0.4, 0.5) is 5.69 Å². The van der Waals surface area contributed by atoms with E-state index in [1.807, 2.05) is 36.4 Å². The van der Waals surface area contributed by atoms with Crippen LogP contribution in [-0.2, 0) is 0 Å². The number of hydrogen-bond donors (Lipinski definition) is 3. The van der Waals surface area contributed by atoms with E-state index in [2.05, 4.69) is 10.6 Å². The molecule has 2 heterocycles. The highest BCUT2D eigenvalue weighted by molar-refractivity contribution is 7.17. The zero-order valence-electron chi connectivity index (χ0n) is 12.2. The van der Waals surface area contributed by atoms with Crippen molar-refractivity contribution in [2.45, 2.75) is 24.9 Å². The fraction of sp³-hybridized carbons (Fsp3) is 0.353. The van der Waals surface area contributed by atoms with Gasteiger partial charge in [0.1, 0.15) is 0 Å². The third-order valence-corrected chi connectivity index (χ3v) is 5.80. The lowest BCUT2D eigenvalue weighted by molar-refractivity contribution is 0.0932. The van der Waals surface area contributed by atoms with Crippen molar-refractivity contribution in [2.75, 3.05) is 12.3 Å². The molecule has 1 aromatic heterocycles. The van der Waals surface area contributed by atoms with Crippen LogP contribution in [0.1, 0.15) is 22.5 Å². The molecule has 4 nitrogen and oxygen atoms in total. The van der Waals surface area contributed by atoms with Gasteiger partial charge in [-0.3, -0.25) is 4.79 Å². The number of carbonyl (C=O) groups is 1. The maximum atomic E-state index is 12.4. The number of nitrogens with two attached hydrogens (primary N) is 1. The molecule has 2 aromatic rings. The Morgan fingerprint density at radius 1 is 1.18 bits per heavy atom. The summed E-state index contributed by atoms with van der Waals surface area (Å²) in [6.45, 7) is 1.11. The van der Waals surface area contributed by atoms with E-state index >= 15 is 0 Å². The normalized spacial score (nSPS) is 26.3. The summed E-state index contributed by atoms with van der Waals surface area (Å²) < 4.78 is 0. The maximum absolute atomic E-state index is 12.4. The fourth-order valence-electron chi connectivity index (χ4n) is 3.51. The summed E-state index contributed by atoms with van der Waals surface area (Å²) >= 11 is 1.53. The van der Waals surface area contributed by atoms with Crippen molar-refractivity contribution in [3.63, 3.8) is 0 Å². The Balaban J connectivity index is 1.46. The lowest BCUT2D eigenvalue weighted by Gasteiger charge is -2.23. The highest BCUT2D eigenvalue weighted by Gasteiger charge is 2.40. The first-order valence-corrected chi connectivity index (χ1v) is 8.51. The average Bonchev–Trinajstić information content (AvgIpc) is 3.24. The molecular formula is C17H19N3OS. The molecule has 0 radical (unpaired) electrons. The Kier molecular flexibility index (Phi) is 3.39. The van der Waals surface area contributed by atoms with Crippen LogP contribution in [0.2, 0.25) is 0 Å². The Morgan fingerprint density at radius 2 is 2.00 bits per heavy atom. The summed E-state index contributed by atoms with van der Waals surface area (Å²) in [5.41, 5.74) is 7.56. The topological polar surface area (TPSA) is 67.2 Å². The van der Waals surface area contributed by atoms with Gasteiger partial charge in [-0.25, -0.2) is 0 Å². The number of thiophene rings is 1. The summed E-state index contributed by atoms with van der Waals surface area (Å²) in [6, 6.07) is 12.4. The third kappa shape index (κ3) is 2.51. The van der Waals surface area contributed by atoms with Crippen molar-refractivity contribution in [1.29, 1.82) is 0 Å². The van der Waals surface area contributed by atoms with Gasteiger partial charge >= 0.3 is 0 Å². The molecule has 0 spiro atoms. The van der Waals surface area contributed by atoms with Gasteiger partial charge in [0.25, 0.3) is 5.91 Å². The van der Waals surface area contributed by atoms with Crippen molar-refractivity contribution in [1.82, 2.24) is 10.6 Å². The van der Waals surface area contributed by atoms with Crippen LogP contribution in [0.5, 0.6) is 0 Å². The van der Waals surface area contributed by atoms with E-state index in [1.165, 1.54) is 17.8 Å². The van der Waals surface area contributed by atoms with E-state index in [-0.39, 0.29) is 11.9 Å². The number of rotatable bonds is 3. The van der Waals surface area contributed by atoms with E-state index in [0.29, 0.717) is 6.04 Å². The molecule has 1 aromatic carbocycles. The second kappa shape index (κ2) is 5.41. The molecule has 4 rings (SSSR count). The first-order chi connectivity index (χ1) is 10.7. The van der Waals surface area contributed by atoms with E-state index in [9.17, 15) is 4.79 Å². The van der Waals surface area contributed by atoms with Gasteiger partial charge in [-0.15, -0.1) is 11.3 Å². The molecule has 22 heavy (non-hydrogen) atoms. The van der Waals surface area contributed by atoms with Crippen LogP contribution in [0.15, 0.2) is 36.4 Å². The van der Waals surface area contributed by atoms with E-state index in [4.69, 9.17) is 5.73 Å².